The highest BCUT2D eigenvalue weighted by atomic mass is 16.5. The van der Waals surface area contributed by atoms with Crippen LogP contribution in [0, 0.1) is 5.92 Å². The van der Waals surface area contributed by atoms with E-state index in [4.69, 9.17) is 28.1 Å². The summed E-state index contributed by atoms with van der Waals surface area (Å²) < 4.78 is 27.0. The van der Waals surface area contributed by atoms with Crippen molar-refractivity contribution in [1.29, 1.82) is 0 Å². The molecule has 1 amide bonds. The van der Waals surface area contributed by atoms with Gasteiger partial charge in [-0.3, -0.25) is 4.79 Å². The minimum absolute atomic E-state index is 0.0348. The normalized spacial score (nSPS) is 20.1. The van der Waals surface area contributed by atoms with Gasteiger partial charge >= 0.3 is 5.97 Å². The van der Waals surface area contributed by atoms with Crippen LogP contribution in [0.3, 0.4) is 0 Å². The molecule has 2 aliphatic rings. The van der Waals surface area contributed by atoms with E-state index >= 15 is 0 Å². The van der Waals surface area contributed by atoms with Crippen molar-refractivity contribution in [2.75, 3.05) is 20.8 Å². The van der Waals surface area contributed by atoms with E-state index in [1.165, 1.54) is 25.3 Å². The molecular weight excluding hydrogens is 464 g/mol. The van der Waals surface area contributed by atoms with Crippen molar-refractivity contribution in [2.24, 2.45) is 11.0 Å². The van der Waals surface area contributed by atoms with Gasteiger partial charge in [-0.15, -0.1) is 0 Å². The van der Waals surface area contributed by atoms with Gasteiger partial charge in [0, 0.05) is 12.0 Å². The number of furan rings is 2. The van der Waals surface area contributed by atoms with Gasteiger partial charge in [0.25, 0.3) is 5.91 Å². The third-order valence-corrected chi connectivity index (χ3v) is 6.41. The summed E-state index contributed by atoms with van der Waals surface area (Å²) in [7, 11) is 2.96. The molecule has 1 aromatic carbocycles. The first-order chi connectivity index (χ1) is 17.6. The lowest BCUT2D eigenvalue weighted by molar-refractivity contribution is -0.137. The molecule has 0 bridgehead atoms. The standard InChI is InChI=1S/C27H26N2O7/c1-32-18-10-11-20(23(15-18)33-2)27(31)36-16-24(30)29-26(22-9-5-13-35-22)21-8-3-6-17(25(21)28-29)14-19-7-4-12-34-19/h4-5,7,9-15,21,26H,3,6,8,16H2,1-2H3. The lowest BCUT2D eigenvalue weighted by Crippen LogP contribution is -2.34. The van der Waals surface area contributed by atoms with Crippen molar-refractivity contribution < 1.29 is 32.6 Å². The van der Waals surface area contributed by atoms with E-state index in [1.54, 1.807) is 30.7 Å². The summed E-state index contributed by atoms with van der Waals surface area (Å²) in [6, 6.07) is 11.6. The molecule has 1 aliphatic carbocycles. The summed E-state index contributed by atoms with van der Waals surface area (Å²) in [5, 5.41) is 6.10. The zero-order valence-electron chi connectivity index (χ0n) is 20.0. The summed E-state index contributed by atoms with van der Waals surface area (Å²) in [5.41, 5.74) is 2.04. The fraction of sp³-hybridized carbons (Fsp3) is 0.296. The Morgan fingerprint density at radius 1 is 1.11 bits per heavy atom. The van der Waals surface area contributed by atoms with Crippen molar-refractivity contribution in [3.8, 4) is 11.5 Å². The molecule has 5 rings (SSSR count). The number of amides is 1. The number of esters is 1. The Bertz CT molecular complexity index is 1290. The Labute approximate surface area is 207 Å². The first-order valence-corrected chi connectivity index (χ1v) is 11.7. The average Bonchev–Trinajstić information content (AvgIpc) is 3.68. The molecule has 0 radical (unpaired) electrons. The van der Waals surface area contributed by atoms with Crippen molar-refractivity contribution in [3.63, 3.8) is 0 Å². The molecule has 2 unspecified atom stereocenters. The van der Waals surface area contributed by atoms with Crippen LogP contribution < -0.4 is 9.47 Å². The number of fused-ring (bicyclic) bond motifs is 1. The maximum Gasteiger partial charge on any atom is 0.342 e. The van der Waals surface area contributed by atoms with E-state index < -0.39 is 24.5 Å². The monoisotopic (exact) mass is 490 g/mol. The number of allylic oxidation sites excluding steroid dienone is 1. The topological polar surface area (TPSA) is 104 Å². The average molecular weight is 491 g/mol. The van der Waals surface area contributed by atoms with E-state index in [9.17, 15) is 9.59 Å². The molecule has 9 nitrogen and oxygen atoms in total. The number of carbonyl (C=O) groups is 2. The van der Waals surface area contributed by atoms with E-state index in [1.807, 2.05) is 24.3 Å². The van der Waals surface area contributed by atoms with E-state index in [2.05, 4.69) is 0 Å². The van der Waals surface area contributed by atoms with Crippen molar-refractivity contribution in [2.45, 2.75) is 25.3 Å². The van der Waals surface area contributed by atoms with Crippen LogP contribution in [0.15, 0.2) is 74.5 Å². The second-order valence-corrected chi connectivity index (χ2v) is 8.51. The summed E-state index contributed by atoms with van der Waals surface area (Å²) in [4.78, 5) is 26.1. The van der Waals surface area contributed by atoms with Gasteiger partial charge < -0.3 is 23.0 Å². The Balaban J connectivity index is 1.38. The molecule has 1 saturated carbocycles. The minimum Gasteiger partial charge on any atom is -0.497 e. The first kappa shape index (κ1) is 23.5. The lowest BCUT2D eigenvalue weighted by Gasteiger charge is -2.27. The van der Waals surface area contributed by atoms with Crippen LogP contribution in [-0.2, 0) is 9.53 Å². The second kappa shape index (κ2) is 10.2. The van der Waals surface area contributed by atoms with Crippen LogP contribution in [0.2, 0.25) is 0 Å². The highest BCUT2D eigenvalue weighted by Crippen LogP contribution is 2.44. The first-order valence-electron chi connectivity index (χ1n) is 11.7. The molecular formula is C27H26N2O7. The van der Waals surface area contributed by atoms with Crippen LogP contribution >= 0.6 is 0 Å². The van der Waals surface area contributed by atoms with E-state index in [-0.39, 0.29) is 11.5 Å². The van der Waals surface area contributed by atoms with Crippen LogP contribution in [0.25, 0.3) is 6.08 Å². The maximum atomic E-state index is 13.3. The highest BCUT2D eigenvalue weighted by Gasteiger charge is 2.45. The van der Waals surface area contributed by atoms with Crippen molar-refractivity contribution in [3.05, 3.63) is 77.6 Å². The summed E-state index contributed by atoms with van der Waals surface area (Å²) >= 11 is 0. The van der Waals surface area contributed by atoms with Crippen LogP contribution in [0.4, 0.5) is 0 Å². The van der Waals surface area contributed by atoms with Gasteiger partial charge in [-0.1, -0.05) is 0 Å². The van der Waals surface area contributed by atoms with Crippen molar-refractivity contribution in [1.82, 2.24) is 5.01 Å². The van der Waals surface area contributed by atoms with Gasteiger partial charge in [-0.05, 0) is 67.3 Å². The van der Waals surface area contributed by atoms with E-state index in [0.29, 0.717) is 17.3 Å². The molecule has 3 aromatic rings. The number of ether oxygens (including phenoxy) is 3. The number of nitrogens with zero attached hydrogens (tertiary/aromatic N) is 2. The molecule has 0 N–H and O–H groups in total. The van der Waals surface area contributed by atoms with Crippen molar-refractivity contribution >= 4 is 23.7 Å². The third kappa shape index (κ3) is 4.51. The molecule has 186 valence electrons. The largest absolute Gasteiger partial charge is 0.497 e. The molecule has 0 saturated heterocycles. The number of hydrazone groups is 1. The molecule has 36 heavy (non-hydrogen) atoms. The van der Waals surface area contributed by atoms with Gasteiger partial charge in [-0.25, -0.2) is 9.80 Å². The Hall–Kier alpha value is -4.27. The maximum absolute atomic E-state index is 13.3. The summed E-state index contributed by atoms with van der Waals surface area (Å²) in [6.45, 7) is -0.480. The van der Waals surface area contributed by atoms with Gasteiger partial charge in [0.1, 0.15) is 34.6 Å². The number of hydrogen-bond donors (Lipinski definition) is 0. The quantitative estimate of drug-likeness (QED) is 0.435. The Morgan fingerprint density at radius 2 is 1.94 bits per heavy atom. The number of benzene rings is 1. The molecule has 1 fully saturated rings. The van der Waals surface area contributed by atoms with Crippen LogP contribution in [0.1, 0.15) is 47.2 Å². The molecule has 0 spiro atoms. The zero-order chi connectivity index (χ0) is 25.1. The number of methoxy groups -OCH3 is 2. The number of hydrogen-bond acceptors (Lipinski definition) is 8. The predicted molar refractivity (Wildman–Crippen MR) is 130 cm³/mol. The van der Waals surface area contributed by atoms with Gasteiger partial charge in [0.15, 0.2) is 6.61 Å². The Morgan fingerprint density at radius 3 is 2.67 bits per heavy atom. The van der Waals surface area contributed by atoms with Gasteiger partial charge in [0.2, 0.25) is 0 Å². The Kier molecular flexibility index (Phi) is 6.62. The second-order valence-electron chi connectivity index (χ2n) is 8.51. The van der Waals surface area contributed by atoms with Crippen LogP contribution in [0.5, 0.6) is 11.5 Å². The SMILES string of the molecule is COc1ccc(C(=O)OCC(=O)N2N=C3C(=Cc4ccco4)CCCC3C2c2ccco2)c(OC)c1. The lowest BCUT2D eigenvalue weighted by atomic mass is 9.79. The van der Waals surface area contributed by atoms with E-state index in [0.717, 1.165) is 36.3 Å². The van der Waals surface area contributed by atoms with Gasteiger partial charge in [0.05, 0.1) is 32.5 Å². The minimum atomic E-state index is -0.680. The molecule has 2 atom stereocenters. The number of rotatable bonds is 7. The smallest absolute Gasteiger partial charge is 0.342 e. The summed E-state index contributed by atoms with van der Waals surface area (Å²) in [6.07, 6.45) is 7.79. The third-order valence-electron chi connectivity index (χ3n) is 6.41. The molecule has 2 aromatic heterocycles. The highest BCUT2D eigenvalue weighted by molar-refractivity contribution is 6.08. The predicted octanol–water partition coefficient (Wildman–Crippen LogP) is 4.87. The zero-order valence-corrected chi connectivity index (χ0v) is 20.0. The fourth-order valence-electron chi connectivity index (χ4n) is 4.73. The van der Waals surface area contributed by atoms with Crippen LogP contribution in [-0.4, -0.2) is 43.4 Å². The number of carbonyl (C=O) groups excluding carboxylic acids is 2. The molecule has 3 heterocycles. The molecule has 1 aliphatic heterocycles. The fourth-order valence-corrected chi connectivity index (χ4v) is 4.73. The molecule has 9 heteroatoms. The summed E-state index contributed by atoms with van der Waals surface area (Å²) in [5.74, 6) is 1.03. The van der Waals surface area contributed by atoms with Gasteiger partial charge in [-0.2, -0.15) is 5.10 Å².